The molecule has 2 atom stereocenters. The summed E-state index contributed by atoms with van der Waals surface area (Å²) in [6.07, 6.45) is 1.74. The van der Waals surface area contributed by atoms with Crippen molar-refractivity contribution in [1.29, 1.82) is 0 Å². The molecule has 26 heavy (non-hydrogen) atoms. The third-order valence-corrected chi connectivity index (χ3v) is 4.43. The van der Waals surface area contributed by atoms with Gasteiger partial charge in [0.15, 0.2) is 0 Å². The second-order valence-corrected chi connectivity index (χ2v) is 7.11. The van der Waals surface area contributed by atoms with Gasteiger partial charge in [-0.2, -0.15) is 0 Å². The Balaban J connectivity index is 1.92. The summed E-state index contributed by atoms with van der Waals surface area (Å²) in [5.74, 6) is -1.55. The molecular formula is C19H27N3O4. The Morgan fingerprint density at radius 1 is 1.23 bits per heavy atom. The molecule has 3 amide bonds. The molecule has 1 saturated heterocycles. The van der Waals surface area contributed by atoms with Crippen LogP contribution in [0.5, 0.6) is 0 Å². The molecule has 1 aromatic carbocycles. The standard InChI is InChI=1S/C19H27N3O4/c1-13(2)11-16(18(24)25)21-17(23)14-7-6-10-22(12-14)19(26)20-15-8-4-3-5-9-15/h3-5,8-9,13-14,16H,6-7,10-12H2,1-2H3,(H,20,26)(H,21,23)(H,24,25). The van der Waals surface area contributed by atoms with Crippen LogP contribution in [0.3, 0.4) is 0 Å². The normalized spacial score (nSPS) is 18.3. The maximum atomic E-state index is 12.5. The summed E-state index contributed by atoms with van der Waals surface area (Å²) < 4.78 is 0. The van der Waals surface area contributed by atoms with Crippen LogP contribution in [0.4, 0.5) is 10.5 Å². The minimum Gasteiger partial charge on any atom is -0.480 e. The number of hydrogen-bond acceptors (Lipinski definition) is 3. The minimum atomic E-state index is -1.03. The number of rotatable bonds is 6. The SMILES string of the molecule is CC(C)CC(NC(=O)C1CCCN(C(=O)Nc2ccccc2)C1)C(=O)O. The minimum absolute atomic E-state index is 0.163. The molecule has 0 aromatic heterocycles. The predicted molar refractivity (Wildman–Crippen MR) is 98.8 cm³/mol. The molecule has 7 nitrogen and oxygen atoms in total. The third-order valence-electron chi connectivity index (χ3n) is 4.43. The van der Waals surface area contributed by atoms with Crippen LogP contribution in [0.25, 0.3) is 0 Å². The van der Waals surface area contributed by atoms with E-state index < -0.39 is 12.0 Å². The second-order valence-electron chi connectivity index (χ2n) is 7.11. The van der Waals surface area contributed by atoms with E-state index >= 15 is 0 Å². The van der Waals surface area contributed by atoms with Crippen LogP contribution < -0.4 is 10.6 Å². The molecule has 1 aromatic rings. The highest BCUT2D eigenvalue weighted by Crippen LogP contribution is 2.19. The molecule has 2 unspecified atom stereocenters. The number of nitrogens with one attached hydrogen (secondary N) is 2. The van der Waals surface area contributed by atoms with Crippen molar-refractivity contribution in [3.63, 3.8) is 0 Å². The van der Waals surface area contributed by atoms with E-state index in [1.54, 1.807) is 17.0 Å². The van der Waals surface area contributed by atoms with Gasteiger partial charge in [-0.05, 0) is 37.3 Å². The molecule has 3 N–H and O–H groups in total. The number of urea groups is 1. The molecule has 142 valence electrons. The van der Waals surface area contributed by atoms with E-state index in [2.05, 4.69) is 10.6 Å². The van der Waals surface area contributed by atoms with Crippen LogP contribution in [-0.2, 0) is 9.59 Å². The third kappa shape index (κ3) is 5.75. The summed E-state index contributed by atoms with van der Waals surface area (Å²) in [7, 11) is 0. The monoisotopic (exact) mass is 361 g/mol. The van der Waals surface area contributed by atoms with Crippen LogP contribution in [0.1, 0.15) is 33.1 Å². The number of carboxylic acid groups (broad SMARTS) is 1. The molecule has 7 heteroatoms. The molecule has 0 saturated carbocycles. The van der Waals surface area contributed by atoms with E-state index in [4.69, 9.17) is 0 Å². The summed E-state index contributed by atoms with van der Waals surface area (Å²) in [5.41, 5.74) is 0.701. The van der Waals surface area contributed by atoms with E-state index in [-0.39, 0.29) is 23.8 Å². The van der Waals surface area contributed by atoms with Crippen molar-refractivity contribution in [2.45, 2.75) is 39.2 Å². The van der Waals surface area contributed by atoms with Crippen LogP contribution >= 0.6 is 0 Å². The zero-order valence-electron chi connectivity index (χ0n) is 15.3. The summed E-state index contributed by atoms with van der Waals surface area (Å²) in [6, 6.07) is 8.00. The fourth-order valence-corrected chi connectivity index (χ4v) is 3.08. The molecule has 0 bridgehead atoms. The van der Waals surface area contributed by atoms with E-state index in [1.807, 2.05) is 32.0 Å². The van der Waals surface area contributed by atoms with Crippen molar-refractivity contribution >= 4 is 23.6 Å². The van der Waals surface area contributed by atoms with Crippen LogP contribution in [0.15, 0.2) is 30.3 Å². The highest BCUT2D eigenvalue weighted by molar-refractivity contribution is 5.90. The number of carbonyl (C=O) groups is 3. The highest BCUT2D eigenvalue weighted by atomic mass is 16.4. The highest BCUT2D eigenvalue weighted by Gasteiger charge is 2.31. The number of carboxylic acids is 1. The number of aliphatic carboxylic acids is 1. The van der Waals surface area contributed by atoms with Crippen LogP contribution in [0.2, 0.25) is 0 Å². The maximum absolute atomic E-state index is 12.5. The Kier molecular flexibility index (Phi) is 7.00. The number of amides is 3. The van der Waals surface area contributed by atoms with Gasteiger partial charge < -0.3 is 20.6 Å². The van der Waals surface area contributed by atoms with Crippen molar-refractivity contribution in [3.8, 4) is 0 Å². The average Bonchev–Trinajstić information content (AvgIpc) is 2.61. The first-order valence-corrected chi connectivity index (χ1v) is 9.01. The number of benzene rings is 1. The Labute approximate surface area is 153 Å². The van der Waals surface area contributed by atoms with Gasteiger partial charge >= 0.3 is 12.0 Å². The van der Waals surface area contributed by atoms with Crippen molar-refractivity contribution in [2.24, 2.45) is 11.8 Å². The van der Waals surface area contributed by atoms with Gasteiger partial charge in [-0.3, -0.25) is 4.79 Å². The van der Waals surface area contributed by atoms with Gasteiger partial charge in [0.05, 0.1) is 5.92 Å². The molecule has 0 aliphatic carbocycles. The smallest absolute Gasteiger partial charge is 0.326 e. The van der Waals surface area contributed by atoms with Gasteiger partial charge in [0, 0.05) is 18.8 Å². The summed E-state index contributed by atoms with van der Waals surface area (Å²) in [5, 5.41) is 14.7. The zero-order valence-corrected chi connectivity index (χ0v) is 15.3. The van der Waals surface area contributed by atoms with E-state index in [9.17, 15) is 19.5 Å². The Bertz CT molecular complexity index is 633. The molecule has 1 aliphatic rings. The zero-order chi connectivity index (χ0) is 19.1. The van der Waals surface area contributed by atoms with E-state index in [1.165, 1.54) is 0 Å². The molecule has 1 fully saturated rings. The quantitative estimate of drug-likeness (QED) is 0.725. The first-order chi connectivity index (χ1) is 12.4. The number of nitrogens with zero attached hydrogens (tertiary/aromatic N) is 1. The number of anilines is 1. The lowest BCUT2D eigenvalue weighted by Crippen LogP contribution is -2.50. The van der Waals surface area contributed by atoms with Crippen molar-refractivity contribution in [3.05, 3.63) is 30.3 Å². The van der Waals surface area contributed by atoms with E-state index in [0.29, 0.717) is 38.0 Å². The topological polar surface area (TPSA) is 98.7 Å². The number of para-hydroxylation sites is 1. The predicted octanol–water partition coefficient (Wildman–Crippen LogP) is 2.55. The Morgan fingerprint density at radius 2 is 1.92 bits per heavy atom. The van der Waals surface area contributed by atoms with Crippen molar-refractivity contribution in [2.75, 3.05) is 18.4 Å². The Hall–Kier alpha value is -2.57. The van der Waals surface area contributed by atoms with Crippen molar-refractivity contribution < 1.29 is 19.5 Å². The van der Waals surface area contributed by atoms with Crippen LogP contribution in [-0.4, -0.2) is 47.0 Å². The fraction of sp³-hybridized carbons (Fsp3) is 0.526. The van der Waals surface area contributed by atoms with Gasteiger partial charge in [-0.25, -0.2) is 9.59 Å². The van der Waals surface area contributed by atoms with Gasteiger partial charge in [0.2, 0.25) is 5.91 Å². The molecule has 2 rings (SSSR count). The summed E-state index contributed by atoms with van der Waals surface area (Å²) in [4.78, 5) is 37.8. The van der Waals surface area contributed by atoms with Gasteiger partial charge in [-0.15, -0.1) is 0 Å². The lowest BCUT2D eigenvalue weighted by atomic mass is 9.96. The molecule has 1 aliphatic heterocycles. The Morgan fingerprint density at radius 3 is 2.54 bits per heavy atom. The number of carbonyl (C=O) groups excluding carboxylic acids is 2. The largest absolute Gasteiger partial charge is 0.480 e. The molecule has 1 heterocycles. The first-order valence-electron chi connectivity index (χ1n) is 9.01. The van der Waals surface area contributed by atoms with Crippen LogP contribution in [0, 0.1) is 11.8 Å². The fourth-order valence-electron chi connectivity index (χ4n) is 3.08. The number of hydrogen-bond donors (Lipinski definition) is 3. The lowest BCUT2D eigenvalue weighted by Gasteiger charge is -2.32. The average molecular weight is 361 g/mol. The number of likely N-dealkylation sites (tertiary alicyclic amines) is 1. The lowest BCUT2D eigenvalue weighted by molar-refractivity contribution is -0.143. The first kappa shape index (κ1) is 19.8. The summed E-state index contributed by atoms with van der Waals surface area (Å²) >= 11 is 0. The molecular weight excluding hydrogens is 334 g/mol. The van der Waals surface area contributed by atoms with E-state index in [0.717, 1.165) is 0 Å². The molecule has 0 spiro atoms. The second kappa shape index (κ2) is 9.22. The van der Waals surface area contributed by atoms with Crippen molar-refractivity contribution in [1.82, 2.24) is 10.2 Å². The van der Waals surface area contributed by atoms with Gasteiger partial charge in [0.1, 0.15) is 6.04 Å². The maximum Gasteiger partial charge on any atom is 0.326 e. The van der Waals surface area contributed by atoms with Gasteiger partial charge in [-0.1, -0.05) is 32.0 Å². The summed E-state index contributed by atoms with van der Waals surface area (Å²) in [6.45, 7) is 4.70. The molecule has 0 radical (unpaired) electrons. The number of piperidine rings is 1. The van der Waals surface area contributed by atoms with Gasteiger partial charge in [0.25, 0.3) is 0 Å².